The maximum Gasteiger partial charge on any atom is 0.0725 e. The summed E-state index contributed by atoms with van der Waals surface area (Å²) in [5.41, 5.74) is 4.25. The molecular formula is C18H19N3. The van der Waals surface area contributed by atoms with Crippen LogP contribution < -0.4 is 5.32 Å². The van der Waals surface area contributed by atoms with E-state index in [2.05, 4.69) is 41.5 Å². The first-order chi connectivity index (χ1) is 10.4. The molecule has 0 aliphatic rings. The Morgan fingerprint density at radius 1 is 1.05 bits per heavy atom. The molecular weight excluding hydrogens is 258 g/mol. The number of para-hydroxylation sites is 1. The second-order valence-electron chi connectivity index (χ2n) is 5.15. The fourth-order valence-electron chi connectivity index (χ4n) is 2.36. The van der Waals surface area contributed by atoms with Gasteiger partial charge in [-0.2, -0.15) is 0 Å². The largest absolute Gasteiger partial charge is 0.313 e. The van der Waals surface area contributed by atoms with Gasteiger partial charge in [0.2, 0.25) is 0 Å². The van der Waals surface area contributed by atoms with Crippen LogP contribution in [-0.4, -0.2) is 16.5 Å². The number of nitrogens with zero attached hydrogens (tertiary/aromatic N) is 2. The molecule has 106 valence electrons. The van der Waals surface area contributed by atoms with Gasteiger partial charge >= 0.3 is 0 Å². The van der Waals surface area contributed by atoms with Gasteiger partial charge in [0.05, 0.1) is 11.2 Å². The fourth-order valence-corrected chi connectivity index (χ4v) is 2.36. The zero-order valence-electron chi connectivity index (χ0n) is 12.2. The normalized spacial score (nSPS) is 10.9. The number of benzene rings is 1. The molecule has 21 heavy (non-hydrogen) atoms. The number of rotatable bonds is 5. The molecule has 0 bridgehead atoms. The molecule has 1 N–H and O–H groups in total. The van der Waals surface area contributed by atoms with Crippen LogP contribution in [0.3, 0.4) is 0 Å². The van der Waals surface area contributed by atoms with Crippen molar-refractivity contribution in [3.63, 3.8) is 0 Å². The molecule has 0 saturated heterocycles. The van der Waals surface area contributed by atoms with E-state index in [0.717, 1.165) is 41.7 Å². The van der Waals surface area contributed by atoms with E-state index in [1.54, 1.807) is 0 Å². The minimum absolute atomic E-state index is 0.849. The lowest BCUT2D eigenvalue weighted by Crippen LogP contribution is -2.13. The monoisotopic (exact) mass is 277 g/mol. The molecule has 0 spiro atoms. The maximum absolute atomic E-state index is 4.72. The lowest BCUT2D eigenvalue weighted by molar-refractivity contribution is 0.674. The molecule has 2 aromatic heterocycles. The maximum atomic E-state index is 4.72. The summed E-state index contributed by atoms with van der Waals surface area (Å²) >= 11 is 0. The van der Waals surface area contributed by atoms with Gasteiger partial charge in [-0.1, -0.05) is 31.2 Å². The zero-order valence-corrected chi connectivity index (χ0v) is 12.2. The summed E-state index contributed by atoms with van der Waals surface area (Å²) in [5.74, 6) is 0. The van der Waals surface area contributed by atoms with Gasteiger partial charge in [0.15, 0.2) is 0 Å². The minimum Gasteiger partial charge on any atom is -0.313 e. The molecule has 3 rings (SSSR count). The molecule has 0 atom stereocenters. The van der Waals surface area contributed by atoms with Gasteiger partial charge in [0.25, 0.3) is 0 Å². The molecule has 3 nitrogen and oxygen atoms in total. The van der Waals surface area contributed by atoms with E-state index in [1.165, 1.54) is 5.56 Å². The zero-order chi connectivity index (χ0) is 14.5. The molecule has 0 saturated carbocycles. The highest BCUT2D eigenvalue weighted by molar-refractivity contribution is 5.81. The van der Waals surface area contributed by atoms with Crippen molar-refractivity contribution in [3.05, 3.63) is 60.4 Å². The van der Waals surface area contributed by atoms with Crippen molar-refractivity contribution in [2.45, 2.75) is 19.9 Å². The Balaban J connectivity index is 1.89. The van der Waals surface area contributed by atoms with Crippen LogP contribution in [0.25, 0.3) is 22.2 Å². The second kappa shape index (κ2) is 6.46. The van der Waals surface area contributed by atoms with Crippen LogP contribution in [0, 0.1) is 0 Å². The number of fused-ring (bicyclic) bond motifs is 1. The number of hydrogen-bond donors (Lipinski definition) is 1. The Morgan fingerprint density at radius 3 is 2.86 bits per heavy atom. The van der Waals surface area contributed by atoms with E-state index in [1.807, 2.05) is 30.6 Å². The molecule has 1 aromatic carbocycles. The summed E-state index contributed by atoms with van der Waals surface area (Å²) in [6.45, 7) is 4.04. The summed E-state index contributed by atoms with van der Waals surface area (Å²) in [7, 11) is 0. The smallest absolute Gasteiger partial charge is 0.0725 e. The first-order valence-electron chi connectivity index (χ1n) is 7.37. The molecule has 2 heterocycles. The van der Waals surface area contributed by atoms with Crippen LogP contribution in [0.5, 0.6) is 0 Å². The first kappa shape index (κ1) is 13.7. The second-order valence-corrected chi connectivity index (χ2v) is 5.15. The van der Waals surface area contributed by atoms with E-state index in [0.29, 0.717) is 0 Å². The lowest BCUT2D eigenvalue weighted by Gasteiger charge is -2.06. The Morgan fingerprint density at radius 2 is 1.95 bits per heavy atom. The Kier molecular flexibility index (Phi) is 4.22. The van der Waals surface area contributed by atoms with Crippen LogP contribution in [0.2, 0.25) is 0 Å². The van der Waals surface area contributed by atoms with Gasteiger partial charge in [0.1, 0.15) is 0 Å². The van der Waals surface area contributed by atoms with Crippen molar-refractivity contribution in [1.29, 1.82) is 0 Å². The standard InChI is InChI=1S/C18H19N3/c1-2-9-19-11-14-10-16(13-20-12-14)18-8-7-15-5-3-4-6-17(15)21-18/h3-8,10,12-13,19H,2,9,11H2,1H3. The summed E-state index contributed by atoms with van der Waals surface area (Å²) in [6.07, 6.45) is 4.92. The highest BCUT2D eigenvalue weighted by Gasteiger charge is 2.03. The number of aromatic nitrogens is 2. The van der Waals surface area contributed by atoms with Gasteiger partial charge in [-0.25, -0.2) is 4.98 Å². The molecule has 0 amide bonds. The molecule has 3 heteroatoms. The quantitative estimate of drug-likeness (QED) is 0.721. The summed E-state index contributed by atoms with van der Waals surface area (Å²) < 4.78 is 0. The predicted molar refractivity (Wildman–Crippen MR) is 87.0 cm³/mol. The van der Waals surface area contributed by atoms with E-state index in [4.69, 9.17) is 4.98 Å². The summed E-state index contributed by atoms with van der Waals surface area (Å²) in [5, 5.41) is 4.56. The van der Waals surface area contributed by atoms with E-state index in [9.17, 15) is 0 Å². The molecule has 0 aliphatic carbocycles. The van der Waals surface area contributed by atoms with Crippen LogP contribution in [0.4, 0.5) is 0 Å². The molecule has 0 aliphatic heterocycles. The van der Waals surface area contributed by atoms with Crippen molar-refractivity contribution in [2.24, 2.45) is 0 Å². The Bertz CT molecular complexity index is 737. The van der Waals surface area contributed by atoms with Gasteiger partial charge < -0.3 is 5.32 Å². The third-order valence-corrected chi connectivity index (χ3v) is 3.44. The van der Waals surface area contributed by atoms with E-state index in [-0.39, 0.29) is 0 Å². The number of hydrogen-bond acceptors (Lipinski definition) is 3. The van der Waals surface area contributed by atoms with Crippen LogP contribution >= 0.6 is 0 Å². The molecule has 0 unspecified atom stereocenters. The topological polar surface area (TPSA) is 37.8 Å². The number of pyridine rings is 2. The highest BCUT2D eigenvalue weighted by Crippen LogP contribution is 2.21. The van der Waals surface area contributed by atoms with Crippen LogP contribution in [0.15, 0.2) is 54.9 Å². The third-order valence-electron chi connectivity index (χ3n) is 3.44. The van der Waals surface area contributed by atoms with Crippen molar-refractivity contribution >= 4 is 10.9 Å². The molecule has 0 fully saturated rings. The Hall–Kier alpha value is -2.26. The third kappa shape index (κ3) is 3.26. The summed E-state index contributed by atoms with van der Waals surface area (Å²) in [6, 6.07) is 14.5. The highest BCUT2D eigenvalue weighted by atomic mass is 14.8. The minimum atomic E-state index is 0.849. The van der Waals surface area contributed by atoms with Crippen LogP contribution in [-0.2, 0) is 6.54 Å². The Labute approximate surface area is 125 Å². The molecule has 3 aromatic rings. The summed E-state index contributed by atoms with van der Waals surface area (Å²) in [4.78, 5) is 9.06. The van der Waals surface area contributed by atoms with Crippen molar-refractivity contribution in [2.75, 3.05) is 6.54 Å². The van der Waals surface area contributed by atoms with Gasteiger partial charge in [0, 0.05) is 29.9 Å². The molecule has 0 radical (unpaired) electrons. The fraction of sp³-hybridized carbons (Fsp3) is 0.222. The van der Waals surface area contributed by atoms with Crippen LogP contribution in [0.1, 0.15) is 18.9 Å². The first-order valence-corrected chi connectivity index (χ1v) is 7.37. The van der Waals surface area contributed by atoms with Gasteiger partial charge in [-0.05, 0) is 36.7 Å². The average molecular weight is 277 g/mol. The lowest BCUT2D eigenvalue weighted by atomic mass is 10.1. The van der Waals surface area contributed by atoms with Crippen molar-refractivity contribution in [3.8, 4) is 11.3 Å². The van der Waals surface area contributed by atoms with E-state index < -0.39 is 0 Å². The van der Waals surface area contributed by atoms with E-state index >= 15 is 0 Å². The van der Waals surface area contributed by atoms with Crippen molar-refractivity contribution < 1.29 is 0 Å². The predicted octanol–water partition coefficient (Wildman–Crippen LogP) is 3.80. The number of nitrogens with one attached hydrogen (secondary N) is 1. The van der Waals surface area contributed by atoms with Crippen molar-refractivity contribution in [1.82, 2.24) is 15.3 Å². The van der Waals surface area contributed by atoms with Gasteiger partial charge in [-0.3, -0.25) is 4.98 Å². The van der Waals surface area contributed by atoms with Gasteiger partial charge in [-0.15, -0.1) is 0 Å². The average Bonchev–Trinajstić information content (AvgIpc) is 2.55. The SMILES string of the molecule is CCCNCc1cncc(-c2ccc3ccccc3n2)c1.